The molecule has 0 spiro atoms. The van der Waals surface area contributed by atoms with Crippen LogP contribution in [0.2, 0.25) is 0 Å². The fraction of sp³-hybridized carbons (Fsp3) is 0.576. The van der Waals surface area contributed by atoms with Gasteiger partial charge in [-0.15, -0.1) is 0 Å². The largest absolute Gasteiger partial charge is 0.444 e. The minimum atomic E-state index is -1.17. The molecular formula is C33H46N4O4. The molecule has 1 aromatic carbocycles. The lowest BCUT2D eigenvalue weighted by atomic mass is 9.84. The maximum absolute atomic E-state index is 14.7. The summed E-state index contributed by atoms with van der Waals surface area (Å²) in [4.78, 5) is 49.4. The Morgan fingerprint density at radius 2 is 1.68 bits per heavy atom. The van der Waals surface area contributed by atoms with Gasteiger partial charge >= 0.3 is 6.09 Å². The van der Waals surface area contributed by atoms with Gasteiger partial charge in [-0.1, -0.05) is 58.2 Å². The quantitative estimate of drug-likeness (QED) is 0.446. The van der Waals surface area contributed by atoms with Crippen LogP contribution in [0.1, 0.15) is 104 Å². The molecule has 1 saturated heterocycles. The van der Waals surface area contributed by atoms with E-state index in [2.05, 4.69) is 31.1 Å². The molecule has 1 N–H and O–H groups in total. The first-order chi connectivity index (χ1) is 19.2. The minimum absolute atomic E-state index is 0.0631. The van der Waals surface area contributed by atoms with E-state index < -0.39 is 23.3 Å². The SMILES string of the molecule is CC(C)(C)OC(=O)N1CC[C@]1(C)C(=O)N(c1ccc(C(C)(C)C)cc1)[C@@H](C(=O)NC1CCCCC1)c1cccnc1. The van der Waals surface area contributed by atoms with E-state index in [-0.39, 0.29) is 23.3 Å². The highest BCUT2D eigenvalue weighted by atomic mass is 16.6. The van der Waals surface area contributed by atoms with Crippen molar-refractivity contribution in [3.63, 3.8) is 0 Å². The van der Waals surface area contributed by atoms with Gasteiger partial charge in [0.05, 0.1) is 0 Å². The summed E-state index contributed by atoms with van der Waals surface area (Å²) in [6.07, 6.45) is 8.38. The van der Waals surface area contributed by atoms with Crippen LogP contribution in [0.3, 0.4) is 0 Å². The number of amides is 3. The minimum Gasteiger partial charge on any atom is -0.444 e. The van der Waals surface area contributed by atoms with E-state index in [4.69, 9.17) is 4.74 Å². The van der Waals surface area contributed by atoms with E-state index in [0.29, 0.717) is 24.2 Å². The Balaban J connectivity index is 1.78. The van der Waals surface area contributed by atoms with Gasteiger partial charge in [0.1, 0.15) is 17.2 Å². The second-order valence-corrected chi connectivity index (χ2v) is 13.7. The molecule has 1 aromatic heterocycles. The molecule has 222 valence electrons. The third-order valence-electron chi connectivity index (χ3n) is 8.18. The number of pyridine rings is 1. The van der Waals surface area contributed by atoms with Gasteiger partial charge in [-0.05, 0) is 76.1 Å². The first-order valence-electron chi connectivity index (χ1n) is 14.9. The predicted octanol–water partition coefficient (Wildman–Crippen LogP) is 6.30. The van der Waals surface area contributed by atoms with Crippen LogP contribution >= 0.6 is 0 Å². The molecule has 3 amide bonds. The number of aromatic nitrogens is 1. The molecule has 2 aliphatic rings. The second-order valence-electron chi connectivity index (χ2n) is 13.7. The summed E-state index contributed by atoms with van der Waals surface area (Å²) in [7, 11) is 0. The van der Waals surface area contributed by atoms with Gasteiger partial charge in [-0.25, -0.2) is 4.79 Å². The van der Waals surface area contributed by atoms with Gasteiger partial charge in [0.15, 0.2) is 0 Å². The highest BCUT2D eigenvalue weighted by Gasteiger charge is 2.54. The topological polar surface area (TPSA) is 91.8 Å². The molecule has 0 radical (unpaired) electrons. The monoisotopic (exact) mass is 562 g/mol. The van der Waals surface area contributed by atoms with E-state index in [0.717, 1.165) is 31.2 Å². The smallest absolute Gasteiger partial charge is 0.411 e. The van der Waals surface area contributed by atoms with Crippen LogP contribution in [-0.4, -0.2) is 51.5 Å². The number of ether oxygens (including phenoxy) is 1. The fourth-order valence-corrected chi connectivity index (χ4v) is 5.64. The maximum Gasteiger partial charge on any atom is 0.411 e. The number of carbonyl (C=O) groups is 3. The summed E-state index contributed by atoms with van der Waals surface area (Å²) in [5.41, 5.74) is 0.368. The molecular weight excluding hydrogens is 516 g/mol. The molecule has 0 bridgehead atoms. The standard InChI is InChI=1S/C33H46N4O4/c1-31(2,3)24-15-17-26(18-16-24)37(29(39)33(7)19-21-36(33)30(40)41-32(4,5)6)27(23-12-11-20-34-22-23)28(38)35-25-13-9-8-10-14-25/h11-12,15-18,20,22,25,27H,8-10,13-14,19,21H2,1-7H3,(H,35,38)/t27-,33-/m1/s1. The van der Waals surface area contributed by atoms with Crippen LogP contribution in [0.25, 0.3) is 0 Å². The predicted molar refractivity (Wildman–Crippen MR) is 161 cm³/mol. The number of hydrogen-bond acceptors (Lipinski definition) is 5. The van der Waals surface area contributed by atoms with Gasteiger partial charge in [0, 0.05) is 36.2 Å². The molecule has 2 heterocycles. The van der Waals surface area contributed by atoms with E-state index in [1.807, 2.05) is 30.3 Å². The molecule has 2 fully saturated rings. The number of nitrogens with zero attached hydrogens (tertiary/aromatic N) is 3. The average molecular weight is 563 g/mol. The van der Waals surface area contributed by atoms with Gasteiger partial charge in [-0.2, -0.15) is 0 Å². The van der Waals surface area contributed by atoms with Crippen molar-refractivity contribution >= 4 is 23.6 Å². The summed E-state index contributed by atoms with van der Waals surface area (Å²) >= 11 is 0. The number of hydrogen-bond donors (Lipinski definition) is 1. The highest BCUT2D eigenvalue weighted by molar-refractivity contribution is 6.07. The molecule has 41 heavy (non-hydrogen) atoms. The van der Waals surface area contributed by atoms with Crippen molar-refractivity contribution in [1.29, 1.82) is 0 Å². The van der Waals surface area contributed by atoms with Crippen molar-refractivity contribution in [3.05, 3.63) is 59.9 Å². The number of benzene rings is 1. The Kier molecular flexibility index (Phi) is 8.81. The van der Waals surface area contributed by atoms with Gasteiger partial charge in [-0.3, -0.25) is 24.4 Å². The van der Waals surface area contributed by atoms with Gasteiger partial charge in [0.25, 0.3) is 5.91 Å². The van der Waals surface area contributed by atoms with Crippen LogP contribution in [0.4, 0.5) is 10.5 Å². The van der Waals surface area contributed by atoms with E-state index >= 15 is 0 Å². The molecule has 1 aliphatic heterocycles. The fourth-order valence-electron chi connectivity index (χ4n) is 5.64. The summed E-state index contributed by atoms with van der Waals surface area (Å²) in [6.45, 7) is 14.0. The zero-order valence-electron chi connectivity index (χ0n) is 25.7. The molecule has 4 rings (SSSR count). The lowest BCUT2D eigenvalue weighted by molar-refractivity contribution is -0.139. The molecule has 2 aromatic rings. The van der Waals surface area contributed by atoms with Crippen molar-refractivity contribution in [2.24, 2.45) is 0 Å². The third kappa shape index (κ3) is 6.91. The van der Waals surface area contributed by atoms with Crippen LogP contribution in [0.5, 0.6) is 0 Å². The van der Waals surface area contributed by atoms with Crippen LogP contribution in [-0.2, 0) is 19.7 Å². The van der Waals surface area contributed by atoms with E-state index in [1.54, 1.807) is 51.1 Å². The summed E-state index contributed by atoms with van der Waals surface area (Å²) in [6, 6.07) is 10.5. The molecule has 2 atom stereocenters. The Morgan fingerprint density at radius 3 is 2.20 bits per heavy atom. The zero-order chi connectivity index (χ0) is 30.0. The van der Waals surface area contributed by atoms with Crippen molar-refractivity contribution in [3.8, 4) is 0 Å². The van der Waals surface area contributed by atoms with E-state index in [9.17, 15) is 14.4 Å². The number of anilines is 1. The number of likely N-dealkylation sites (tertiary alicyclic amines) is 1. The Morgan fingerprint density at radius 1 is 1.02 bits per heavy atom. The summed E-state index contributed by atoms with van der Waals surface area (Å²) < 4.78 is 5.65. The van der Waals surface area contributed by atoms with Gasteiger partial charge in [0.2, 0.25) is 5.91 Å². The van der Waals surface area contributed by atoms with Crippen LogP contribution in [0.15, 0.2) is 48.8 Å². The molecule has 0 unspecified atom stereocenters. The van der Waals surface area contributed by atoms with Crippen molar-refractivity contribution in [2.45, 2.75) is 116 Å². The Hall–Kier alpha value is -3.42. The lowest BCUT2D eigenvalue weighted by Crippen LogP contribution is -2.69. The first kappa shape index (κ1) is 30.5. The molecule has 1 saturated carbocycles. The number of nitrogens with one attached hydrogen (secondary N) is 1. The second kappa shape index (κ2) is 11.8. The van der Waals surface area contributed by atoms with Crippen LogP contribution in [0, 0.1) is 0 Å². The van der Waals surface area contributed by atoms with Crippen molar-refractivity contribution in [2.75, 3.05) is 11.4 Å². The molecule has 1 aliphatic carbocycles. The first-order valence-corrected chi connectivity index (χ1v) is 14.9. The van der Waals surface area contributed by atoms with Gasteiger partial charge < -0.3 is 10.1 Å². The normalized spacial score (nSPS) is 20.5. The molecule has 8 nitrogen and oxygen atoms in total. The molecule has 8 heteroatoms. The summed E-state index contributed by atoms with van der Waals surface area (Å²) in [5, 5.41) is 3.24. The Bertz CT molecular complexity index is 1230. The summed E-state index contributed by atoms with van der Waals surface area (Å²) in [5.74, 6) is -0.573. The lowest BCUT2D eigenvalue weighted by Gasteiger charge is -2.51. The van der Waals surface area contributed by atoms with Crippen molar-refractivity contribution < 1.29 is 19.1 Å². The number of rotatable bonds is 6. The third-order valence-corrected chi connectivity index (χ3v) is 8.18. The van der Waals surface area contributed by atoms with Crippen molar-refractivity contribution in [1.82, 2.24) is 15.2 Å². The van der Waals surface area contributed by atoms with E-state index in [1.165, 1.54) is 11.3 Å². The average Bonchev–Trinajstić information content (AvgIpc) is 2.89. The maximum atomic E-state index is 14.7. The van der Waals surface area contributed by atoms with Crippen LogP contribution < -0.4 is 10.2 Å². The number of carbonyl (C=O) groups excluding carboxylic acids is 3. The Labute approximate surface area is 244 Å². The highest BCUT2D eigenvalue weighted by Crippen LogP contribution is 2.39. The zero-order valence-corrected chi connectivity index (χ0v) is 25.7.